The lowest BCUT2D eigenvalue weighted by molar-refractivity contribution is -0.137. The van der Waals surface area contributed by atoms with E-state index in [1.165, 1.54) is 76.6 Å². The molecule has 2 amide bonds. The average Bonchev–Trinajstić information content (AvgIpc) is 3.15. The van der Waals surface area contributed by atoms with Gasteiger partial charge in [0.2, 0.25) is 5.91 Å². The molecule has 0 saturated heterocycles. The van der Waals surface area contributed by atoms with Gasteiger partial charge in [-0.25, -0.2) is 9.59 Å². The first-order valence-corrected chi connectivity index (χ1v) is 19.6. The molecule has 0 heterocycles. The molecule has 0 aliphatic carbocycles. The third kappa shape index (κ3) is 29.5. The standard InChI is InChI=1S/C40H64N2O12/c43-23-26-52-28-27-50-24-21-41-37(44)32-53-30-29-51-25-22-42-38(45)33-54-36-20-19-34(31-35(36)40(48)49)17-15-13-11-9-7-5-3-1-2-4-6-8-10-12-14-16-18-39(46)47/h19-20,26,31H,1-18,21-22,24-25,27-30,32-33H2,(H,41,44)(H,42,45)(H,46,47)(H,48,49). The smallest absolute Gasteiger partial charge is 0.339 e. The van der Waals surface area contributed by atoms with E-state index in [0.29, 0.717) is 19.6 Å². The summed E-state index contributed by atoms with van der Waals surface area (Å²) in [6.07, 6.45) is 20.9. The number of aliphatic carboxylic acids is 1. The van der Waals surface area contributed by atoms with Crippen molar-refractivity contribution in [1.82, 2.24) is 10.6 Å². The highest BCUT2D eigenvalue weighted by Crippen LogP contribution is 2.22. The number of carboxylic acid groups (broad SMARTS) is 2. The van der Waals surface area contributed by atoms with E-state index < -0.39 is 17.8 Å². The van der Waals surface area contributed by atoms with Gasteiger partial charge in [-0.1, -0.05) is 96.0 Å². The highest BCUT2D eigenvalue weighted by atomic mass is 16.5. The molecule has 0 spiro atoms. The second-order valence-electron chi connectivity index (χ2n) is 13.1. The zero-order valence-electron chi connectivity index (χ0n) is 32.1. The molecule has 0 aliphatic heterocycles. The Bertz CT molecular complexity index is 1210. The lowest BCUT2D eigenvalue weighted by Crippen LogP contribution is -2.32. The van der Waals surface area contributed by atoms with Gasteiger partial charge in [0, 0.05) is 19.5 Å². The maximum atomic E-state index is 12.2. The van der Waals surface area contributed by atoms with Gasteiger partial charge in [-0.2, -0.15) is 0 Å². The van der Waals surface area contributed by atoms with Gasteiger partial charge < -0.3 is 44.5 Å². The predicted molar refractivity (Wildman–Crippen MR) is 203 cm³/mol. The second kappa shape index (κ2) is 34.8. The highest BCUT2D eigenvalue weighted by Gasteiger charge is 2.14. The number of rotatable bonds is 38. The second-order valence-corrected chi connectivity index (χ2v) is 13.1. The van der Waals surface area contributed by atoms with Crippen LogP contribution in [0, 0.1) is 0 Å². The number of carboxylic acids is 2. The molecular weight excluding hydrogens is 700 g/mol. The summed E-state index contributed by atoms with van der Waals surface area (Å²) in [6.45, 7) is 1.53. The van der Waals surface area contributed by atoms with Crippen molar-refractivity contribution in [3.05, 3.63) is 35.6 Å². The zero-order valence-corrected chi connectivity index (χ0v) is 32.1. The SMILES string of the molecule is O=C=COCCOCCNC(=O)COCCOCCNC(=O)COc1ccc(CCCCCCCCCCCCCCCCCCC(=O)O)cc1C(=O)O. The third-order valence-electron chi connectivity index (χ3n) is 8.46. The fourth-order valence-electron chi connectivity index (χ4n) is 5.56. The Kier molecular flexibility index (Phi) is 30.9. The van der Waals surface area contributed by atoms with Gasteiger partial charge in [-0.05, 0) is 37.0 Å². The summed E-state index contributed by atoms with van der Waals surface area (Å²) >= 11 is 0. The Balaban J connectivity index is 2.03. The van der Waals surface area contributed by atoms with Gasteiger partial charge in [-0.3, -0.25) is 14.4 Å². The molecule has 0 unspecified atom stereocenters. The number of hydrogen-bond acceptors (Lipinski definition) is 10. The first-order chi connectivity index (χ1) is 26.3. The van der Waals surface area contributed by atoms with Crippen LogP contribution in [0.3, 0.4) is 0 Å². The van der Waals surface area contributed by atoms with Crippen molar-refractivity contribution in [2.45, 2.75) is 116 Å². The largest absolute Gasteiger partial charge is 0.487 e. The number of hydrogen-bond donors (Lipinski definition) is 4. The van der Waals surface area contributed by atoms with Crippen LogP contribution in [0.15, 0.2) is 24.5 Å². The molecule has 0 atom stereocenters. The average molecular weight is 765 g/mol. The third-order valence-corrected chi connectivity index (χ3v) is 8.46. The van der Waals surface area contributed by atoms with Gasteiger partial charge in [0.05, 0.1) is 33.0 Å². The van der Waals surface area contributed by atoms with Crippen molar-refractivity contribution in [3.8, 4) is 5.75 Å². The molecular formula is C40H64N2O12. The van der Waals surface area contributed by atoms with Gasteiger partial charge >= 0.3 is 11.9 Å². The molecule has 0 fully saturated rings. The van der Waals surface area contributed by atoms with Crippen LogP contribution in [0.4, 0.5) is 0 Å². The Hall–Kier alpha value is -3.97. The van der Waals surface area contributed by atoms with Crippen molar-refractivity contribution in [3.63, 3.8) is 0 Å². The maximum Gasteiger partial charge on any atom is 0.339 e. The highest BCUT2D eigenvalue weighted by molar-refractivity contribution is 5.91. The monoisotopic (exact) mass is 764 g/mol. The fraction of sp³-hybridized carbons (Fsp3) is 0.700. The zero-order chi connectivity index (χ0) is 39.3. The molecule has 306 valence electrons. The first-order valence-electron chi connectivity index (χ1n) is 19.6. The van der Waals surface area contributed by atoms with Crippen LogP contribution in [0.2, 0.25) is 0 Å². The van der Waals surface area contributed by atoms with Crippen molar-refractivity contribution in [2.75, 3.05) is 65.9 Å². The normalized spacial score (nSPS) is 10.7. The van der Waals surface area contributed by atoms with E-state index in [2.05, 4.69) is 10.6 Å². The van der Waals surface area contributed by atoms with Gasteiger partial charge in [0.1, 0.15) is 24.5 Å². The molecule has 0 aromatic heterocycles. The molecule has 14 nitrogen and oxygen atoms in total. The number of carbonyl (C=O) groups excluding carboxylic acids is 3. The molecule has 14 heteroatoms. The summed E-state index contributed by atoms with van der Waals surface area (Å²) in [7, 11) is 0. The quantitative estimate of drug-likeness (QED) is 0.0367. The minimum atomic E-state index is -1.11. The van der Waals surface area contributed by atoms with Gasteiger partial charge in [0.25, 0.3) is 5.91 Å². The lowest BCUT2D eigenvalue weighted by atomic mass is 10.0. The minimum Gasteiger partial charge on any atom is -0.487 e. The van der Waals surface area contributed by atoms with Crippen LogP contribution < -0.4 is 15.4 Å². The number of unbranched alkanes of at least 4 members (excludes halogenated alkanes) is 15. The van der Waals surface area contributed by atoms with E-state index in [9.17, 15) is 29.1 Å². The molecule has 0 saturated carbocycles. The fourth-order valence-corrected chi connectivity index (χ4v) is 5.56. The molecule has 54 heavy (non-hydrogen) atoms. The summed E-state index contributed by atoms with van der Waals surface area (Å²) in [5.74, 6) is -0.869. The van der Waals surface area contributed by atoms with E-state index in [1.807, 2.05) is 6.07 Å². The number of amides is 2. The Morgan fingerprint density at radius 2 is 1.11 bits per heavy atom. The van der Waals surface area contributed by atoms with Crippen molar-refractivity contribution in [1.29, 1.82) is 0 Å². The van der Waals surface area contributed by atoms with E-state index >= 15 is 0 Å². The summed E-state index contributed by atoms with van der Waals surface area (Å²) in [5, 5.41) is 23.7. The van der Waals surface area contributed by atoms with Crippen LogP contribution in [-0.2, 0) is 44.5 Å². The molecule has 4 N–H and O–H groups in total. The van der Waals surface area contributed by atoms with Crippen molar-refractivity contribution < 1.29 is 57.9 Å². The molecule has 1 rings (SSSR count). The molecule has 1 aromatic rings. The number of carbonyl (C=O) groups is 4. The molecule has 0 bridgehead atoms. The van der Waals surface area contributed by atoms with E-state index in [1.54, 1.807) is 12.1 Å². The molecule has 1 aromatic carbocycles. The van der Waals surface area contributed by atoms with Crippen LogP contribution in [0.25, 0.3) is 0 Å². The number of ether oxygens (including phenoxy) is 5. The van der Waals surface area contributed by atoms with Crippen LogP contribution in [0.5, 0.6) is 5.75 Å². The summed E-state index contributed by atoms with van der Waals surface area (Å²) in [5.41, 5.74) is 0.969. The molecule has 0 aliphatic rings. The van der Waals surface area contributed by atoms with Crippen molar-refractivity contribution in [2.24, 2.45) is 0 Å². The Morgan fingerprint density at radius 1 is 0.611 bits per heavy atom. The van der Waals surface area contributed by atoms with Crippen LogP contribution >= 0.6 is 0 Å². The molecule has 0 radical (unpaired) electrons. The van der Waals surface area contributed by atoms with Gasteiger partial charge in [-0.15, -0.1) is 0 Å². The first kappa shape index (κ1) is 48.0. The van der Waals surface area contributed by atoms with E-state index in [4.69, 9.17) is 28.8 Å². The van der Waals surface area contributed by atoms with E-state index in [0.717, 1.165) is 50.4 Å². The number of nitrogens with one attached hydrogen (secondary N) is 2. The van der Waals surface area contributed by atoms with E-state index in [-0.39, 0.29) is 70.0 Å². The predicted octanol–water partition coefficient (Wildman–Crippen LogP) is 5.67. The van der Waals surface area contributed by atoms with Crippen LogP contribution in [-0.4, -0.2) is 106 Å². The summed E-state index contributed by atoms with van der Waals surface area (Å²) in [4.78, 5) is 56.2. The van der Waals surface area contributed by atoms with Crippen molar-refractivity contribution >= 4 is 29.7 Å². The summed E-state index contributed by atoms with van der Waals surface area (Å²) < 4.78 is 26.1. The topological polar surface area (TPSA) is 196 Å². The van der Waals surface area contributed by atoms with Crippen LogP contribution in [0.1, 0.15) is 125 Å². The minimum absolute atomic E-state index is 0.0361. The lowest BCUT2D eigenvalue weighted by Gasteiger charge is -2.12. The number of benzene rings is 1. The maximum absolute atomic E-state index is 12.2. The Labute approximate surface area is 320 Å². The number of aryl methyl sites for hydroxylation is 1. The van der Waals surface area contributed by atoms with Gasteiger partial charge in [0.15, 0.2) is 18.8 Å². The summed E-state index contributed by atoms with van der Waals surface area (Å²) in [6, 6.07) is 5.09. The Morgan fingerprint density at radius 3 is 1.65 bits per heavy atom. The number of aromatic carboxylic acids is 1.